The molecule has 120 valence electrons. The zero-order chi connectivity index (χ0) is 16.4. The molecular formula is C16H17N3O4. The van der Waals surface area contributed by atoms with E-state index in [9.17, 15) is 9.59 Å². The van der Waals surface area contributed by atoms with Crippen LogP contribution < -0.4 is 20.3 Å². The van der Waals surface area contributed by atoms with Crippen LogP contribution in [0, 0.1) is 5.92 Å². The highest BCUT2D eigenvalue weighted by Crippen LogP contribution is 2.34. The number of rotatable bonds is 4. The van der Waals surface area contributed by atoms with Gasteiger partial charge in [-0.1, -0.05) is 13.8 Å². The summed E-state index contributed by atoms with van der Waals surface area (Å²) in [7, 11) is 0. The normalized spacial score (nSPS) is 12.5. The lowest BCUT2D eigenvalue weighted by Crippen LogP contribution is -2.27. The Kier molecular flexibility index (Phi) is 4.01. The van der Waals surface area contributed by atoms with Gasteiger partial charge in [0.05, 0.1) is 0 Å². The fourth-order valence-corrected chi connectivity index (χ4v) is 2.22. The van der Waals surface area contributed by atoms with Crippen LogP contribution in [-0.4, -0.2) is 22.5 Å². The Hall–Kier alpha value is -2.83. The molecule has 1 aromatic carbocycles. The third kappa shape index (κ3) is 3.33. The number of carbonyl (C=O) groups is 1. The first kappa shape index (κ1) is 15.1. The van der Waals surface area contributed by atoms with Crippen molar-refractivity contribution in [2.45, 2.75) is 20.4 Å². The zero-order valence-electron chi connectivity index (χ0n) is 12.9. The minimum absolute atomic E-state index is 0.175. The van der Waals surface area contributed by atoms with Crippen molar-refractivity contribution in [1.29, 1.82) is 0 Å². The summed E-state index contributed by atoms with van der Waals surface area (Å²) in [4.78, 5) is 24.1. The molecule has 0 saturated heterocycles. The number of aromatic nitrogens is 2. The highest BCUT2D eigenvalue weighted by atomic mass is 16.7. The average molecular weight is 315 g/mol. The van der Waals surface area contributed by atoms with Gasteiger partial charge in [0.15, 0.2) is 11.5 Å². The largest absolute Gasteiger partial charge is 0.454 e. The number of fused-ring (bicyclic) bond motifs is 1. The lowest BCUT2D eigenvalue weighted by atomic mass is 10.2. The third-order valence-electron chi connectivity index (χ3n) is 3.27. The van der Waals surface area contributed by atoms with E-state index in [1.807, 2.05) is 13.8 Å². The van der Waals surface area contributed by atoms with E-state index in [4.69, 9.17) is 9.47 Å². The molecular weight excluding hydrogens is 298 g/mol. The van der Waals surface area contributed by atoms with Gasteiger partial charge in [-0.3, -0.25) is 9.59 Å². The van der Waals surface area contributed by atoms with Gasteiger partial charge in [0.25, 0.3) is 11.5 Å². The van der Waals surface area contributed by atoms with Crippen molar-refractivity contribution in [3.8, 4) is 11.5 Å². The monoisotopic (exact) mass is 315 g/mol. The van der Waals surface area contributed by atoms with Crippen molar-refractivity contribution < 1.29 is 14.3 Å². The molecule has 0 saturated carbocycles. The molecule has 0 atom stereocenters. The number of anilines is 1. The van der Waals surface area contributed by atoms with E-state index in [0.29, 0.717) is 23.7 Å². The molecule has 7 nitrogen and oxygen atoms in total. The van der Waals surface area contributed by atoms with Crippen LogP contribution in [0.2, 0.25) is 0 Å². The summed E-state index contributed by atoms with van der Waals surface area (Å²) in [5.74, 6) is 1.10. The molecule has 1 aromatic heterocycles. The van der Waals surface area contributed by atoms with Crippen molar-refractivity contribution in [1.82, 2.24) is 9.78 Å². The van der Waals surface area contributed by atoms with Crippen molar-refractivity contribution in [2.24, 2.45) is 5.92 Å². The van der Waals surface area contributed by atoms with E-state index in [-0.39, 0.29) is 29.9 Å². The first-order valence-electron chi connectivity index (χ1n) is 7.32. The van der Waals surface area contributed by atoms with Gasteiger partial charge < -0.3 is 14.8 Å². The van der Waals surface area contributed by atoms with Gasteiger partial charge >= 0.3 is 0 Å². The minimum Gasteiger partial charge on any atom is -0.454 e. The molecule has 0 aliphatic carbocycles. The van der Waals surface area contributed by atoms with Crippen molar-refractivity contribution in [3.05, 3.63) is 46.4 Å². The fourth-order valence-electron chi connectivity index (χ4n) is 2.22. The Morgan fingerprint density at radius 2 is 2.04 bits per heavy atom. The molecule has 1 aliphatic rings. The Morgan fingerprint density at radius 3 is 2.83 bits per heavy atom. The summed E-state index contributed by atoms with van der Waals surface area (Å²) in [6.07, 6.45) is 0. The second-order valence-corrected chi connectivity index (χ2v) is 5.65. The van der Waals surface area contributed by atoms with Gasteiger partial charge in [0.1, 0.15) is 5.69 Å². The molecule has 0 bridgehead atoms. The van der Waals surface area contributed by atoms with Crippen LogP contribution in [0.5, 0.6) is 11.5 Å². The molecule has 7 heteroatoms. The van der Waals surface area contributed by atoms with Crippen LogP contribution in [-0.2, 0) is 6.54 Å². The van der Waals surface area contributed by atoms with Crippen molar-refractivity contribution in [2.75, 3.05) is 12.1 Å². The molecule has 0 fully saturated rings. The Bertz CT molecular complexity index is 798. The molecule has 3 rings (SSSR count). The quantitative estimate of drug-likeness (QED) is 0.931. The predicted octanol–water partition coefficient (Wildman–Crippen LogP) is 1.88. The van der Waals surface area contributed by atoms with E-state index >= 15 is 0 Å². The molecule has 2 aromatic rings. The van der Waals surface area contributed by atoms with Crippen molar-refractivity contribution >= 4 is 11.6 Å². The fraction of sp³-hybridized carbons (Fsp3) is 0.312. The first-order chi connectivity index (χ1) is 11.0. The SMILES string of the molecule is CC(C)Cn1nc(C(=O)Nc2ccc3c(c2)OCO3)ccc1=O. The van der Waals surface area contributed by atoms with Crippen LogP contribution >= 0.6 is 0 Å². The highest BCUT2D eigenvalue weighted by molar-refractivity contribution is 6.02. The van der Waals surface area contributed by atoms with Crippen LogP contribution in [0.3, 0.4) is 0 Å². The maximum absolute atomic E-state index is 12.3. The number of nitrogens with one attached hydrogen (secondary N) is 1. The Balaban J connectivity index is 1.79. The molecule has 2 heterocycles. The molecule has 1 amide bonds. The van der Waals surface area contributed by atoms with E-state index < -0.39 is 0 Å². The summed E-state index contributed by atoms with van der Waals surface area (Å²) in [5.41, 5.74) is 0.531. The van der Waals surface area contributed by atoms with Gasteiger partial charge in [0.2, 0.25) is 6.79 Å². The van der Waals surface area contributed by atoms with E-state index in [2.05, 4.69) is 10.4 Å². The molecule has 23 heavy (non-hydrogen) atoms. The number of ether oxygens (including phenoxy) is 2. The van der Waals surface area contributed by atoms with Crippen LogP contribution in [0.15, 0.2) is 35.1 Å². The molecule has 0 spiro atoms. The second kappa shape index (κ2) is 6.12. The maximum atomic E-state index is 12.3. The van der Waals surface area contributed by atoms with Gasteiger partial charge in [-0.15, -0.1) is 0 Å². The predicted molar refractivity (Wildman–Crippen MR) is 83.9 cm³/mol. The zero-order valence-corrected chi connectivity index (χ0v) is 12.9. The van der Waals surface area contributed by atoms with Crippen LogP contribution in [0.25, 0.3) is 0 Å². The summed E-state index contributed by atoms with van der Waals surface area (Å²) in [6, 6.07) is 7.90. The average Bonchev–Trinajstić information content (AvgIpc) is 2.96. The van der Waals surface area contributed by atoms with Gasteiger partial charge in [0, 0.05) is 24.4 Å². The third-order valence-corrected chi connectivity index (χ3v) is 3.27. The lowest BCUT2D eigenvalue weighted by Gasteiger charge is -2.09. The summed E-state index contributed by atoms with van der Waals surface area (Å²) < 4.78 is 11.8. The molecule has 0 unspecified atom stereocenters. The number of amides is 1. The topological polar surface area (TPSA) is 82.5 Å². The van der Waals surface area contributed by atoms with E-state index in [0.717, 1.165) is 0 Å². The lowest BCUT2D eigenvalue weighted by molar-refractivity contribution is 0.101. The van der Waals surface area contributed by atoms with Gasteiger partial charge in [-0.2, -0.15) is 5.10 Å². The van der Waals surface area contributed by atoms with Crippen LogP contribution in [0.1, 0.15) is 24.3 Å². The summed E-state index contributed by atoms with van der Waals surface area (Å²) in [5, 5.41) is 6.85. The smallest absolute Gasteiger partial charge is 0.276 e. The maximum Gasteiger partial charge on any atom is 0.276 e. The number of hydrogen-bond acceptors (Lipinski definition) is 5. The summed E-state index contributed by atoms with van der Waals surface area (Å²) >= 11 is 0. The van der Waals surface area contributed by atoms with Crippen LogP contribution in [0.4, 0.5) is 5.69 Å². The first-order valence-corrected chi connectivity index (χ1v) is 7.32. The number of nitrogens with zero attached hydrogens (tertiary/aromatic N) is 2. The highest BCUT2D eigenvalue weighted by Gasteiger charge is 2.15. The number of hydrogen-bond donors (Lipinski definition) is 1. The second-order valence-electron chi connectivity index (χ2n) is 5.65. The minimum atomic E-state index is -0.388. The molecule has 0 radical (unpaired) electrons. The number of benzene rings is 1. The van der Waals surface area contributed by atoms with Crippen molar-refractivity contribution in [3.63, 3.8) is 0 Å². The van der Waals surface area contributed by atoms with E-state index in [1.54, 1.807) is 18.2 Å². The standard InChI is InChI=1S/C16H17N3O4/c1-10(2)8-19-15(20)6-4-12(18-19)16(21)17-11-3-5-13-14(7-11)23-9-22-13/h3-7,10H,8-9H2,1-2H3,(H,17,21). The molecule has 1 N–H and O–H groups in total. The Morgan fingerprint density at radius 1 is 1.26 bits per heavy atom. The van der Waals surface area contributed by atoms with E-state index in [1.165, 1.54) is 16.8 Å². The molecule has 1 aliphatic heterocycles. The number of carbonyl (C=O) groups excluding carboxylic acids is 1. The Labute approximate surface area is 132 Å². The van der Waals surface area contributed by atoms with Gasteiger partial charge in [-0.05, 0) is 24.1 Å². The summed E-state index contributed by atoms with van der Waals surface area (Å²) in [6.45, 7) is 4.60. The van der Waals surface area contributed by atoms with Gasteiger partial charge in [-0.25, -0.2) is 4.68 Å².